The highest BCUT2D eigenvalue weighted by Gasteiger charge is 2.36. The van der Waals surface area contributed by atoms with Crippen molar-refractivity contribution >= 4 is 54.6 Å². The van der Waals surface area contributed by atoms with Crippen molar-refractivity contribution in [2.24, 2.45) is 0 Å². The van der Waals surface area contributed by atoms with Crippen molar-refractivity contribution in [1.29, 1.82) is 0 Å². The largest absolute Gasteiger partial charge is 0.397 e. The Morgan fingerprint density at radius 3 is 1.85 bits per heavy atom. The van der Waals surface area contributed by atoms with Gasteiger partial charge in [-0.05, 0) is 24.3 Å². The van der Waals surface area contributed by atoms with Crippen LogP contribution in [0.4, 0.5) is 22.7 Å². The Morgan fingerprint density at radius 1 is 0.765 bits per heavy atom. The summed E-state index contributed by atoms with van der Waals surface area (Å²) in [6, 6.07) is 10.5. The van der Waals surface area contributed by atoms with Crippen molar-refractivity contribution in [3.8, 4) is 0 Å². The number of nitrogen functional groups attached to an aromatic ring is 1. The van der Waals surface area contributed by atoms with E-state index in [9.17, 15) is 35.5 Å². The first-order chi connectivity index (χ1) is 15.8. The minimum atomic E-state index is -4.92. The van der Waals surface area contributed by atoms with Gasteiger partial charge < -0.3 is 16.4 Å². The molecule has 34 heavy (non-hydrogen) atoms. The van der Waals surface area contributed by atoms with Gasteiger partial charge >= 0.3 is 0 Å². The van der Waals surface area contributed by atoms with Crippen LogP contribution in [0.25, 0.3) is 0 Å². The molecule has 0 saturated heterocycles. The van der Waals surface area contributed by atoms with E-state index in [2.05, 4.69) is 10.6 Å². The van der Waals surface area contributed by atoms with Gasteiger partial charge in [0.05, 0.1) is 28.2 Å². The molecular formula is C21H17N3O8S2. The molecule has 1 aliphatic carbocycles. The number of benzene rings is 3. The van der Waals surface area contributed by atoms with Crippen LogP contribution in [0.15, 0.2) is 58.3 Å². The molecule has 0 bridgehead atoms. The van der Waals surface area contributed by atoms with Crippen LogP contribution in [0.5, 0.6) is 0 Å². The number of anilines is 4. The Morgan fingerprint density at radius 2 is 1.32 bits per heavy atom. The van der Waals surface area contributed by atoms with Gasteiger partial charge in [0.1, 0.15) is 9.79 Å². The van der Waals surface area contributed by atoms with E-state index in [1.165, 1.54) is 37.4 Å². The van der Waals surface area contributed by atoms with Crippen LogP contribution in [-0.2, 0) is 20.2 Å². The first kappa shape index (κ1) is 23.4. The molecule has 0 spiro atoms. The van der Waals surface area contributed by atoms with Gasteiger partial charge in [0.15, 0.2) is 11.6 Å². The molecule has 0 amide bonds. The monoisotopic (exact) mass is 503 g/mol. The van der Waals surface area contributed by atoms with Crippen LogP contribution in [0.3, 0.4) is 0 Å². The molecular weight excluding hydrogens is 486 g/mol. The molecule has 0 atom stereocenters. The summed E-state index contributed by atoms with van der Waals surface area (Å²) in [5, 5.41) is 5.32. The molecule has 0 radical (unpaired) electrons. The van der Waals surface area contributed by atoms with Crippen molar-refractivity contribution in [3.05, 3.63) is 70.8 Å². The second-order valence-corrected chi connectivity index (χ2v) is 10.1. The summed E-state index contributed by atoms with van der Waals surface area (Å²) >= 11 is 0. The second kappa shape index (κ2) is 7.92. The van der Waals surface area contributed by atoms with Crippen LogP contribution in [0, 0.1) is 0 Å². The van der Waals surface area contributed by atoms with E-state index in [0.29, 0.717) is 0 Å². The van der Waals surface area contributed by atoms with Crippen molar-refractivity contribution in [1.82, 2.24) is 0 Å². The molecule has 6 N–H and O–H groups in total. The zero-order valence-electron chi connectivity index (χ0n) is 17.4. The van der Waals surface area contributed by atoms with E-state index in [4.69, 9.17) is 5.73 Å². The minimum Gasteiger partial charge on any atom is -0.397 e. The third-order valence-corrected chi connectivity index (χ3v) is 7.07. The predicted molar refractivity (Wildman–Crippen MR) is 123 cm³/mol. The highest BCUT2D eigenvalue weighted by Crippen LogP contribution is 2.40. The smallest absolute Gasteiger partial charge is 0.296 e. The predicted octanol–water partition coefficient (Wildman–Crippen LogP) is 2.32. The SMILES string of the molecule is CNc1ccc(Nc2cc(S(=O)(=O)O)c(N)c3c2C(=O)c2ccccc2C3=O)cc1S(=O)(=O)O. The highest BCUT2D eigenvalue weighted by molar-refractivity contribution is 7.86. The molecule has 11 nitrogen and oxygen atoms in total. The molecule has 0 fully saturated rings. The molecule has 0 saturated carbocycles. The summed E-state index contributed by atoms with van der Waals surface area (Å²) in [6.45, 7) is 0. The third-order valence-electron chi connectivity index (χ3n) is 5.29. The number of nitrogens with one attached hydrogen (secondary N) is 2. The lowest BCUT2D eigenvalue weighted by Gasteiger charge is -2.23. The number of carbonyl (C=O) groups is 2. The zero-order valence-corrected chi connectivity index (χ0v) is 19.0. The lowest BCUT2D eigenvalue weighted by molar-refractivity contribution is 0.0980. The molecule has 1 aliphatic rings. The maximum atomic E-state index is 13.3. The first-order valence-corrected chi connectivity index (χ1v) is 12.4. The van der Waals surface area contributed by atoms with Gasteiger partial charge in [-0.15, -0.1) is 0 Å². The third kappa shape index (κ3) is 3.80. The van der Waals surface area contributed by atoms with Crippen LogP contribution < -0.4 is 16.4 Å². The zero-order chi connectivity index (χ0) is 25.0. The topological polar surface area (TPSA) is 193 Å². The number of nitrogens with two attached hydrogens (primary N) is 1. The molecule has 176 valence electrons. The Bertz CT molecular complexity index is 1610. The normalized spacial score (nSPS) is 13.3. The maximum Gasteiger partial charge on any atom is 0.296 e. The molecule has 0 aromatic heterocycles. The van der Waals surface area contributed by atoms with Gasteiger partial charge in [-0.3, -0.25) is 18.7 Å². The van der Waals surface area contributed by atoms with Crippen molar-refractivity contribution in [2.75, 3.05) is 23.4 Å². The second-order valence-electron chi connectivity index (χ2n) is 7.33. The molecule has 3 aromatic carbocycles. The van der Waals surface area contributed by atoms with Gasteiger partial charge in [0.2, 0.25) is 0 Å². The van der Waals surface area contributed by atoms with E-state index in [0.717, 1.165) is 12.1 Å². The molecule has 13 heteroatoms. The molecule has 3 aromatic rings. The van der Waals surface area contributed by atoms with E-state index >= 15 is 0 Å². The van der Waals surface area contributed by atoms with Crippen LogP contribution in [0.1, 0.15) is 31.8 Å². The standard InChI is InChI=1S/C21H17N3O8S2/c1-23-13-7-6-10(8-15(13)33(27,28)29)24-14-9-16(34(30,31)32)19(22)18-17(14)20(25)11-4-2-3-5-12(11)21(18)26/h2-9,23-24H,22H2,1H3,(H,27,28,29)(H,30,31,32). The van der Waals surface area contributed by atoms with Gasteiger partial charge in [0, 0.05) is 23.9 Å². The number of hydrogen-bond donors (Lipinski definition) is 5. The molecule has 0 heterocycles. The van der Waals surface area contributed by atoms with E-state index < -0.39 is 52.8 Å². The summed E-state index contributed by atoms with van der Waals surface area (Å²) in [5.74, 6) is -1.36. The minimum absolute atomic E-state index is 0.0113. The summed E-state index contributed by atoms with van der Waals surface area (Å²) in [5.41, 5.74) is 4.61. The van der Waals surface area contributed by atoms with Gasteiger partial charge in [-0.1, -0.05) is 24.3 Å². The summed E-state index contributed by atoms with van der Waals surface area (Å²) in [4.78, 5) is 25.2. The fraction of sp³-hybridized carbons (Fsp3) is 0.0476. The van der Waals surface area contributed by atoms with Crippen molar-refractivity contribution in [2.45, 2.75) is 9.79 Å². The number of fused-ring (bicyclic) bond motifs is 2. The lowest BCUT2D eigenvalue weighted by atomic mass is 9.82. The molecule has 0 unspecified atom stereocenters. The van der Waals surface area contributed by atoms with Crippen LogP contribution in [0.2, 0.25) is 0 Å². The molecule has 4 rings (SSSR count). The highest BCUT2D eigenvalue weighted by atomic mass is 32.2. The van der Waals surface area contributed by atoms with Crippen LogP contribution in [-0.4, -0.2) is 44.6 Å². The van der Waals surface area contributed by atoms with E-state index in [1.54, 1.807) is 6.07 Å². The summed E-state index contributed by atoms with van der Waals surface area (Å²) in [7, 11) is -8.13. The van der Waals surface area contributed by atoms with Crippen LogP contribution >= 0.6 is 0 Å². The fourth-order valence-corrected chi connectivity index (χ4v) is 5.15. The average molecular weight is 504 g/mol. The average Bonchev–Trinajstić information content (AvgIpc) is 2.77. The van der Waals surface area contributed by atoms with Gasteiger partial charge in [0.25, 0.3) is 20.2 Å². The summed E-state index contributed by atoms with van der Waals surface area (Å²) in [6.07, 6.45) is 0. The maximum absolute atomic E-state index is 13.3. The number of hydrogen-bond acceptors (Lipinski definition) is 9. The quantitative estimate of drug-likeness (QED) is 0.198. The summed E-state index contributed by atoms with van der Waals surface area (Å²) < 4.78 is 66.7. The van der Waals surface area contributed by atoms with E-state index in [-0.39, 0.29) is 33.8 Å². The molecule has 0 aliphatic heterocycles. The lowest BCUT2D eigenvalue weighted by Crippen LogP contribution is -2.25. The number of carbonyl (C=O) groups excluding carboxylic acids is 2. The number of rotatable bonds is 5. The van der Waals surface area contributed by atoms with E-state index in [1.807, 2.05) is 0 Å². The Balaban J connectivity index is 2.00. The Labute approximate surface area is 194 Å². The Kier molecular flexibility index (Phi) is 5.44. The Hall–Kier alpha value is -3.78. The van der Waals surface area contributed by atoms with Gasteiger partial charge in [-0.2, -0.15) is 16.8 Å². The fourth-order valence-electron chi connectivity index (χ4n) is 3.78. The first-order valence-electron chi connectivity index (χ1n) is 9.53. The number of ketones is 2. The van der Waals surface area contributed by atoms with Crippen molar-refractivity contribution in [3.63, 3.8) is 0 Å². The van der Waals surface area contributed by atoms with Gasteiger partial charge in [-0.25, -0.2) is 0 Å². The van der Waals surface area contributed by atoms with Crippen molar-refractivity contribution < 1.29 is 35.5 Å².